The van der Waals surface area contributed by atoms with Gasteiger partial charge in [0.05, 0.1) is 16.4 Å². The van der Waals surface area contributed by atoms with E-state index in [1.165, 1.54) is 6.20 Å². The molecule has 0 saturated heterocycles. The van der Waals surface area contributed by atoms with Crippen molar-refractivity contribution in [3.63, 3.8) is 0 Å². The summed E-state index contributed by atoms with van der Waals surface area (Å²) in [5.41, 5.74) is 0.989. The number of aryl methyl sites for hydroxylation is 1. The van der Waals surface area contributed by atoms with E-state index in [9.17, 15) is 13.2 Å². The summed E-state index contributed by atoms with van der Waals surface area (Å²) in [4.78, 5) is 16.5. The Morgan fingerprint density at radius 2 is 2.00 bits per heavy atom. The molecule has 110 valence electrons. The molecule has 7 heteroatoms. The molecule has 0 aliphatic heterocycles. The molecular formula is C13H17ClN2O3S. The maximum absolute atomic E-state index is 12.5. The SMILES string of the molecule is Cc1nccc(NC(=O)C2(S(C)(=O)=O)CCCC2)c1Cl. The van der Waals surface area contributed by atoms with E-state index >= 15 is 0 Å². The van der Waals surface area contributed by atoms with Gasteiger partial charge < -0.3 is 5.32 Å². The van der Waals surface area contributed by atoms with Crippen molar-refractivity contribution < 1.29 is 13.2 Å². The Bertz CT molecular complexity index is 637. The molecule has 1 saturated carbocycles. The predicted octanol–water partition coefficient (Wildman–Crippen LogP) is 2.34. The number of rotatable bonds is 3. The molecule has 1 amide bonds. The fraction of sp³-hybridized carbons (Fsp3) is 0.538. The first-order valence-electron chi connectivity index (χ1n) is 6.40. The molecule has 1 N–H and O–H groups in total. The summed E-state index contributed by atoms with van der Waals surface area (Å²) in [6.07, 6.45) is 4.85. The molecule has 0 aromatic carbocycles. The summed E-state index contributed by atoms with van der Waals surface area (Å²) in [6, 6.07) is 1.57. The van der Waals surface area contributed by atoms with Gasteiger partial charge in [-0.15, -0.1) is 0 Å². The number of nitrogens with zero attached hydrogens (tertiary/aromatic N) is 1. The Labute approximate surface area is 123 Å². The molecule has 0 atom stereocenters. The second kappa shape index (κ2) is 5.33. The van der Waals surface area contributed by atoms with Crippen LogP contribution in [0.5, 0.6) is 0 Å². The van der Waals surface area contributed by atoms with Crippen molar-refractivity contribution in [2.45, 2.75) is 37.4 Å². The maximum Gasteiger partial charge on any atom is 0.245 e. The number of sulfone groups is 1. The molecular weight excluding hydrogens is 300 g/mol. The van der Waals surface area contributed by atoms with Crippen molar-refractivity contribution >= 4 is 33.0 Å². The van der Waals surface area contributed by atoms with Gasteiger partial charge in [-0.2, -0.15) is 0 Å². The van der Waals surface area contributed by atoms with Crippen LogP contribution < -0.4 is 5.32 Å². The predicted molar refractivity (Wildman–Crippen MR) is 78.7 cm³/mol. The summed E-state index contributed by atoms with van der Waals surface area (Å²) in [7, 11) is -3.48. The highest BCUT2D eigenvalue weighted by molar-refractivity contribution is 7.92. The lowest BCUT2D eigenvalue weighted by Crippen LogP contribution is -2.47. The van der Waals surface area contributed by atoms with Gasteiger partial charge in [0.25, 0.3) is 0 Å². The van der Waals surface area contributed by atoms with Crippen molar-refractivity contribution in [2.75, 3.05) is 11.6 Å². The molecule has 0 unspecified atom stereocenters. The average molecular weight is 317 g/mol. The van der Waals surface area contributed by atoms with Gasteiger partial charge in [-0.25, -0.2) is 8.42 Å². The van der Waals surface area contributed by atoms with E-state index < -0.39 is 20.5 Å². The van der Waals surface area contributed by atoms with Crippen LogP contribution >= 0.6 is 11.6 Å². The van der Waals surface area contributed by atoms with Gasteiger partial charge in [0, 0.05) is 12.5 Å². The van der Waals surface area contributed by atoms with E-state index in [0.717, 1.165) is 19.1 Å². The first kappa shape index (κ1) is 15.3. The van der Waals surface area contributed by atoms with Crippen molar-refractivity contribution in [3.8, 4) is 0 Å². The van der Waals surface area contributed by atoms with Crippen molar-refractivity contribution in [2.24, 2.45) is 0 Å². The lowest BCUT2D eigenvalue weighted by atomic mass is 10.1. The summed E-state index contributed by atoms with van der Waals surface area (Å²) in [5, 5.41) is 2.99. The van der Waals surface area contributed by atoms with Crippen LogP contribution in [0, 0.1) is 6.92 Å². The van der Waals surface area contributed by atoms with Crippen molar-refractivity contribution in [3.05, 3.63) is 23.0 Å². The number of hydrogen-bond acceptors (Lipinski definition) is 4. The normalized spacial score (nSPS) is 17.9. The summed E-state index contributed by atoms with van der Waals surface area (Å²) >= 11 is 6.08. The number of aromatic nitrogens is 1. The quantitative estimate of drug-likeness (QED) is 0.928. The number of hydrogen-bond donors (Lipinski definition) is 1. The van der Waals surface area contributed by atoms with Crippen LogP contribution in [0.4, 0.5) is 5.69 Å². The van der Waals surface area contributed by atoms with Crippen LogP contribution in [-0.2, 0) is 14.6 Å². The molecule has 5 nitrogen and oxygen atoms in total. The highest BCUT2D eigenvalue weighted by atomic mass is 35.5. The Balaban J connectivity index is 2.33. The lowest BCUT2D eigenvalue weighted by molar-refractivity contribution is -0.118. The van der Waals surface area contributed by atoms with Crippen LogP contribution in [0.15, 0.2) is 12.3 Å². The molecule has 1 aliphatic carbocycles. The number of halogens is 1. The Morgan fingerprint density at radius 3 is 2.55 bits per heavy atom. The molecule has 0 spiro atoms. The molecule has 0 radical (unpaired) electrons. The molecule has 1 aliphatic rings. The molecule has 1 heterocycles. The summed E-state index contributed by atoms with van der Waals surface area (Å²) in [6.45, 7) is 1.72. The van der Waals surface area contributed by atoms with Crippen molar-refractivity contribution in [1.82, 2.24) is 4.98 Å². The van der Waals surface area contributed by atoms with Gasteiger partial charge in [0.15, 0.2) is 14.6 Å². The third kappa shape index (κ3) is 2.54. The molecule has 1 aromatic heterocycles. The fourth-order valence-corrected chi connectivity index (χ4v) is 4.17. The first-order valence-corrected chi connectivity index (χ1v) is 8.67. The first-order chi connectivity index (χ1) is 9.28. The van der Waals surface area contributed by atoms with E-state index in [1.807, 2.05) is 0 Å². The van der Waals surface area contributed by atoms with E-state index in [0.29, 0.717) is 29.2 Å². The van der Waals surface area contributed by atoms with Crippen LogP contribution in [0.25, 0.3) is 0 Å². The highest BCUT2D eigenvalue weighted by Crippen LogP contribution is 2.38. The maximum atomic E-state index is 12.5. The topological polar surface area (TPSA) is 76.1 Å². The van der Waals surface area contributed by atoms with Gasteiger partial charge in [0.2, 0.25) is 5.91 Å². The number of carbonyl (C=O) groups is 1. The minimum atomic E-state index is -3.48. The number of anilines is 1. The largest absolute Gasteiger partial charge is 0.323 e. The Hall–Kier alpha value is -1.14. The average Bonchev–Trinajstić information content (AvgIpc) is 2.85. The minimum Gasteiger partial charge on any atom is -0.323 e. The zero-order valence-electron chi connectivity index (χ0n) is 11.4. The van der Waals surface area contributed by atoms with Crippen LogP contribution in [0.2, 0.25) is 5.02 Å². The minimum absolute atomic E-state index is 0.336. The second-order valence-electron chi connectivity index (χ2n) is 5.19. The van der Waals surface area contributed by atoms with Gasteiger partial charge >= 0.3 is 0 Å². The van der Waals surface area contributed by atoms with Gasteiger partial charge in [-0.3, -0.25) is 9.78 Å². The summed E-state index contributed by atoms with van der Waals surface area (Å²) in [5.74, 6) is -0.495. The highest BCUT2D eigenvalue weighted by Gasteiger charge is 2.50. The van der Waals surface area contributed by atoms with Gasteiger partial charge in [-0.05, 0) is 25.8 Å². The number of nitrogens with one attached hydrogen (secondary N) is 1. The zero-order chi connectivity index (χ0) is 15.0. The zero-order valence-corrected chi connectivity index (χ0v) is 13.0. The molecule has 2 rings (SSSR count). The van der Waals surface area contributed by atoms with E-state index in [-0.39, 0.29) is 0 Å². The van der Waals surface area contributed by atoms with E-state index in [2.05, 4.69) is 10.3 Å². The smallest absolute Gasteiger partial charge is 0.245 e. The molecule has 1 aromatic rings. The number of amides is 1. The Morgan fingerprint density at radius 1 is 1.40 bits per heavy atom. The number of carbonyl (C=O) groups excluding carboxylic acids is 1. The molecule has 0 bridgehead atoms. The summed E-state index contributed by atoms with van der Waals surface area (Å²) < 4.78 is 22.7. The van der Waals surface area contributed by atoms with Crippen LogP contribution in [0.1, 0.15) is 31.4 Å². The second-order valence-corrected chi connectivity index (χ2v) is 7.89. The van der Waals surface area contributed by atoms with Gasteiger partial charge in [0.1, 0.15) is 0 Å². The van der Waals surface area contributed by atoms with Crippen LogP contribution in [-0.4, -0.2) is 30.3 Å². The van der Waals surface area contributed by atoms with E-state index in [1.54, 1.807) is 13.0 Å². The standard InChI is InChI=1S/C13H17ClN2O3S/c1-9-11(14)10(5-8-15-9)16-12(17)13(20(2,18)19)6-3-4-7-13/h5,8H,3-4,6-7H2,1-2H3,(H,15,16,17). The molecule has 1 fully saturated rings. The third-order valence-corrected chi connectivity index (χ3v) is 6.34. The third-order valence-electron chi connectivity index (χ3n) is 3.85. The lowest BCUT2D eigenvalue weighted by Gasteiger charge is -2.25. The number of pyridine rings is 1. The monoisotopic (exact) mass is 316 g/mol. The van der Waals surface area contributed by atoms with Crippen molar-refractivity contribution in [1.29, 1.82) is 0 Å². The fourth-order valence-electron chi connectivity index (χ4n) is 2.59. The molecule has 20 heavy (non-hydrogen) atoms. The van der Waals surface area contributed by atoms with Crippen LogP contribution in [0.3, 0.4) is 0 Å². The Kier molecular flexibility index (Phi) is 4.07. The van der Waals surface area contributed by atoms with E-state index in [4.69, 9.17) is 11.6 Å². The van der Waals surface area contributed by atoms with Gasteiger partial charge in [-0.1, -0.05) is 24.4 Å².